The molecule has 3 aliphatic heterocycles. The molecule has 3 unspecified atom stereocenters. The van der Waals surface area contributed by atoms with Crippen LogP contribution in [0.1, 0.15) is 25.5 Å². The van der Waals surface area contributed by atoms with E-state index in [1.807, 2.05) is 12.1 Å². The van der Waals surface area contributed by atoms with Gasteiger partial charge in [-0.15, -0.1) is 0 Å². The fourth-order valence-electron chi connectivity index (χ4n) is 5.31. The fraction of sp³-hybridized carbons (Fsp3) is 0.348. The van der Waals surface area contributed by atoms with E-state index in [4.69, 9.17) is 9.47 Å². The van der Waals surface area contributed by atoms with Crippen LogP contribution >= 0.6 is 15.9 Å². The molecule has 4 atom stereocenters. The molecule has 3 aliphatic rings. The minimum absolute atomic E-state index is 0.122. The molecular weight excluding hydrogens is 483 g/mol. The molecule has 2 saturated heterocycles. The lowest BCUT2D eigenvalue weighted by atomic mass is 9.77. The second kappa shape index (κ2) is 7.30. The number of anilines is 1. The number of carbonyl (C=O) groups excluding carboxylic acids is 3. The Morgan fingerprint density at radius 3 is 2.78 bits per heavy atom. The molecule has 3 amide bonds. The minimum Gasteiger partial charge on any atom is -0.493 e. The van der Waals surface area contributed by atoms with Gasteiger partial charge in [-0.3, -0.25) is 9.59 Å². The van der Waals surface area contributed by atoms with E-state index in [1.165, 1.54) is 23.1 Å². The standard InChI is InChI=1S/C23H20BrFN2O5/c1-3-31-20(28)18-16-11-32-17-8-7-12(24)9-15(17)19(16)27-22(30)26(21(29)23(18,27)2)14-6-4-5-13(25)10-14/h4-10,16,18-19H,3,11H2,1-2H3/t16?,18?,19?,23-/m0/s1. The van der Waals surface area contributed by atoms with Crippen molar-refractivity contribution in [1.82, 2.24) is 4.90 Å². The molecule has 166 valence electrons. The first-order valence-electron chi connectivity index (χ1n) is 10.3. The number of halogens is 2. The zero-order valence-corrected chi connectivity index (χ0v) is 19.0. The van der Waals surface area contributed by atoms with Gasteiger partial charge >= 0.3 is 12.0 Å². The Labute approximate surface area is 192 Å². The van der Waals surface area contributed by atoms with Crippen molar-refractivity contribution in [1.29, 1.82) is 0 Å². The summed E-state index contributed by atoms with van der Waals surface area (Å²) in [5.74, 6) is -2.53. The van der Waals surface area contributed by atoms with Crippen LogP contribution in [0.5, 0.6) is 5.75 Å². The van der Waals surface area contributed by atoms with Crippen LogP contribution < -0.4 is 9.64 Å². The van der Waals surface area contributed by atoms with E-state index in [0.717, 1.165) is 15.4 Å². The number of imide groups is 1. The number of amides is 3. The number of urea groups is 1. The summed E-state index contributed by atoms with van der Waals surface area (Å²) in [4.78, 5) is 43.0. The quantitative estimate of drug-likeness (QED) is 0.467. The highest BCUT2D eigenvalue weighted by atomic mass is 79.9. The van der Waals surface area contributed by atoms with Crippen molar-refractivity contribution >= 4 is 39.5 Å². The van der Waals surface area contributed by atoms with Crippen LogP contribution in [0.4, 0.5) is 14.9 Å². The van der Waals surface area contributed by atoms with Crippen molar-refractivity contribution in [3.8, 4) is 5.75 Å². The number of esters is 1. The number of nitrogens with zero attached hydrogens (tertiary/aromatic N) is 2. The van der Waals surface area contributed by atoms with Crippen LogP contribution in [0.2, 0.25) is 0 Å². The average Bonchev–Trinajstić information content (AvgIpc) is 3.13. The van der Waals surface area contributed by atoms with E-state index < -0.39 is 47.1 Å². The third-order valence-corrected chi connectivity index (χ3v) is 7.07. The molecule has 5 rings (SSSR count). The lowest BCUT2D eigenvalue weighted by Crippen LogP contribution is -2.51. The molecule has 0 N–H and O–H groups in total. The number of hydrogen-bond acceptors (Lipinski definition) is 5. The van der Waals surface area contributed by atoms with Crippen LogP contribution in [0.25, 0.3) is 0 Å². The largest absolute Gasteiger partial charge is 0.493 e. The zero-order chi connectivity index (χ0) is 22.8. The second-order valence-corrected chi connectivity index (χ2v) is 9.17. The van der Waals surface area contributed by atoms with E-state index in [-0.39, 0.29) is 18.9 Å². The van der Waals surface area contributed by atoms with Crippen LogP contribution in [0.15, 0.2) is 46.9 Å². The molecule has 3 heterocycles. The minimum atomic E-state index is -1.50. The molecule has 2 aromatic carbocycles. The number of fused-ring (bicyclic) bond motifs is 5. The molecule has 2 fully saturated rings. The SMILES string of the molecule is CCOC(=O)C1C2COc3ccc(Br)cc3C2N2C(=O)N(c3cccc(F)c3)C(=O)[C@]12C. The van der Waals surface area contributed by atoms with Crippen LogP contribution in [0.3, 0.4) is 0 Å². The van der Waals surface area contributed by atoms with Gasteiger partial charge in [-0.1, -0.05) is 22.0 Å². The van der Waals surface area contributed by atoms with Gasteiger partial charge in [0.25, 0.3) is 5.91 Å². The van der Waals surface area contributed by atoms with Crippen molar-refractivity contribution in [2.24, 2.45) is 11.8 Å². The van der Waals surface area contributed by atoms with Gasteiger partial charge < -0.3 is 14.4 Å². The van der Waals surface area contributed by atoms with Crippen molar-refractivity contribution < 1.29 is 28.2 Å². The van der Waals surface area contributed by atoms with Gasteiger partial charge in [-0.05, 0) is 50.2 Å². The van der Waals surface area contributed by atoms with E-state index in [9.17, 15) is 18.8 Å². The molecule has 0 saturated carbocycles. The Morgan fingerprint density at radius 2 is 2.06 bits per heavy atom. The van der Waals surface area contributed by atoms with Crippen LogP contribution in [0, 0.1) is 17.7 Å². The normalized spacial score (nSPS) is 28.2. The molecule has 0 bridgehead atoms. The smallest absolute Gasteiger partial charge is 0.332 e. The fourth-order valence-corrected chi connectivity index (χ4v) is 5.69. The molecule has 0 radical (unpaired) electrons. The van der Waals surface area contributed by atoms with Crippen molar-refractivity contribution in [2.75, 3.05) is 18.1 Å². The van der Waals surface area contributed by atoms with Gasteiger partial charge in [-0.25, -0.2) is 14.1 Å². The summed E-state index contributed by atoms with van der Waals surface area (Å²) in [5, 5.41) is 0. The summed E-state index contributed by atoms with van der Waals surface area (Å²) in [5.41, 5.74) is -0.676. The van der Waals surface area contributed by atoms with Gasteiger partial charge in [-0.2, -0.15) is 0 Å². The molecule has 0 spiro atoms. The summed E-state index contributed by atoms with van der Waals surface area (Å²) >= 11 is 3.46. The van der Waals surface area contributed by atoms with Gasteiger partial charge in [0.15, 0.2) is 0 Å². The Kier molecular flexibility index (Phi) is 4.77. The molecule has 9 heteroatoms. The van der Waals surface area contributed by atoms with E-state index in [2.05, 4.69) is 15.9 Å². The number of carbonyl (C=O) groups is 3. The summed E-state index contributed by atoms with van der Waals surface area (Å²) in [7, 11) is 0. The molecule has 2 aromatic rings. The Hall–Kier alpha value is -2.94. The summed E-state index contributed by atoms with van der Waals surface area (Å²) in [6.45, 7) is 3.58. The maximum atomic E-state index is 13.9. The number of rotatable bonds is 3. The lowest BCUT2D eigenvalue weighted by molar-refractivity contribution is -0.154. The first-order valence-corrected chi connectivity index (χ1v) is 11.1. The molecule has 0 aromatic heterocycles. The predicted molar refractivity (Wildman–Crippen MR) is 116 cm³/mol. The summed E-state index contributed by atoms with van der Waals surface area (Å²) in [6, 6.07) is 9.57. The topological polar surface area (TPSA) is 76.2 Å². The highest BCUT2D eigenvalue weighted by Crippen LogP contribution is 2.58. The van der Waals surface area contributed by atoms with Gasteiger partial charge in [0, 0.05) is 16.0 Å². The first-order chi connectivity index (χ1) is 15.3. The Bertz CT molecular complexity index is 1160. The number of hydrogen-bond donors (Lipinski definition) is 0. The van der Waals surface area contributed by atoms with Crippen molar-refractivity contribution in [2.45, 2.75) is 25.4 Å². The lowest BCUT2D eigenvalue weighted by Gasteiger charge is -2.34. The molecule has 0 aliphatic carbocycles. The predicted octanol–water partition coefficient (Wildman–Crippen LogP) is 4.06. The summed E-state index contributed by atoms with van der Waals surface area (Å²) < 4.78 is 25.9. The van der Waals surface area contributed by atoms with Crippen LogP contribution in [-0.4, -0.2) is 41.6 Å². The highest BCUT2D eigenvalue weighted by molar-refractivity contribution is 9.10. The number of benzene rings is 2. The van der Waals surface area contributed by atoms with Crippen LogP contribution in [-0.2, 0) is 14.3 Å². The Balaban J connectivity index is 1.70. The maximum absolute atomic E-state index is 13.9. The van der Waals surface area contributed by atoms with Crippen molar-refractivity contribution in [3.05, 3.63) is 58.3 Å². The monoisotopic (exact) mass is 502 g/mol. The van der Waals surface area contributed by atoms with Gasteiger partial charge in [0.2, 0.25) is 0 Å². The third-order valence-electron chi connectivity index (χ3n) is 6.58. The van der Waals surface area contributed by atoms with Gasteiger partial charge in [0.1, 0.15) is 17.1 Å². The first kappa shape index (κ1) is 20.9. The second-order valence-electron chi connectivity index (χ2n) is 8.25. The Morgan fingerprint density at radius 1 is 1.28 bits per heavy atom. The molecule has 7 nitrogen and oxygen atoms in total. The van der Waals surface area contributed by atoms with Crippen molar-refractivity contribution in [3.63, 3.8) is 0 Å². The zero-order valence-electron chi connectivity index (χ0n) is 17.4. The molecular formula is C23H20BrFN2O5. The maximum Gasteiger partial charge on any atom is 0.332 e. The van der Waals surface area contributed by atoms with E-state index in [1.54, 1.807) is 19.9 Å². The van der Waals surface area contributed by atoms with Gasteiger partial charge in [0.05, 0.1) is 30.9 Å². The summed E-state index contributed by atoms with van der Waals surface area (Å²) in [6.07, 6.45) is 0. The van der Waals surface area contributed by atoms with E-state index in [0.29, 0.717) is 11.3 Å². The third kappa shape index (κ3) is 2.73. The number of ether oxygens (including phenoxy) is 2. The highest BCUT2D eigenvalue weighted by Gasteiger charge is 2.72. The molecule has 32 heavy (non-hydrogen) atoms. The average molecular weight is 503 g/mol. The van der Waals surface area contributed by atoms with E-state index >= 15 is 0 Å².